The molecule has 0 heterocycles. The monoisotopic (exact) mass is 219 g/mol. The van der Waals surface area contributed by atoms with Crippen molar-refractivity contribution < 1.29 is 4.39 Å². The molecular weight excluding hydrogens is 201 g/mol. The van der Waals surface area contributed by atoms with Gasteiger partial charge in [0.05, 0.1) is 0 Å². The average molecular weight is 219 g/mol. The van der Waals surface area contributed by atoms with E-state index in [4.69, 9.17) is 5.73 Å². The molecule has 0 unspecified atom stereocenters. The lowest BCUT2D eigenvalue weighted by Gasteiger charge is -1.97. The van der Waals surface area contributed by atoms with Gasteiger partial charge in [-0.05, 0) is 41.5 Å². The molecule has 1 saturated carbocycles. The lowest BCUT2D eigenvalue weighted by molar-refractivity contribution is 0.555. The quantitative estimate of drug-likeness (QED) is 0.830. The number of benzene rings is 1. The normalized spacial score (nSPS) is 27.2. The van der Waals surface area contributed by atoms with Crippen molar-refractivity contribution in [2.24, 2.45) is 23.0 Å². The molecule has 2 N–H and O–H groups in total. The Kier molecular flexibility index (Phi) is 2.85. The molecule has 0 spiro atoms. The minimum atomic E-state index is -0.191. The first-order valence-electron chi connectivity index (χ1n) is 5.69. The van der Waals surface area contributed by atoms with Gasteiger partial charge in [-0.2, -0.15) is 0 Å². The maximum absolute atomic E-state index is 12.7. The Labute approximate surface area is 96.2 Å². The fraction of sp³-hybridized carbons (Fsp3) is 0.429. The zero-order chi connectivity index (χ0) is 11.8. The summed E-state index contributed by atoms with van der Waals surface area (Å²) in [5.74, 6) is 0.954. The average Bonchev–Trinajstić information content (AvgIpc) is 2.79. The summed E-state index contributed by atoms with van der Waals surface area (Å²) in [6.07, 6.45) is 4.26. The van der Waals surface area contributed by atoms with Crippen molar-refractivity contribution in [3.63, 3.8) is 0 Å². The van der Waals surface area contributed by atoms with E-state index >= 15 is 0 Å². The lowest BCUT2D eigenvalue weighted by atomic mass is 10.1. The SMILES string of the molecule is CC1(C)[C@H](/C=C/c2ccc(F)cc2)[C@H]1CN. The van der Waals surface area contributed by atoms with Crippen LogP contribution in [0.2, 0.25) is 0 Å². The standard InChI is InChI=1S/C14H18FN/c1-14(2)12(13(14)9-16)8-5-10-3-6-11(15)7-4-10/h3-8,12-13H,9,16H2,1-2H3/b8-5+/t12-,13-/m1/s1. The van der Waals surface area contributed by atoms with Crippen LogP contribution < -0.4 is 5.73 Å². The predicted molar refractivity (Wildman–Crippen MR) is 65.2 cm³/mol. The number of hydrogen-bond acceptors (Lipinski definition) is 1. The molecule has 16 heavy (non-hydrogen) atoms. The highest BCUT2D eigenvalue weighted by Crippen LogP contribution is 2.58. The van der Waals surface area contributed by atoms with Gasteiger partial charge in [0.25, 0.3) is 0 Å². The molecule has 1 aromatic carbocycles. The Morgan fingerprint density at radius 3 is 2.44 bits per heavy atom. The van der Waals surface area contributed by atoms with Crippen molar-refractivity contribution in [1.29, 1.82) is 0 Å². The van der Waals surface area contributed by atoms with E-state index in [1.54, 1.807) is 12.1 Å². The van der Waals surface area contributed by atoms with E-state index in [0.29, 0.717) is 17.3 Å². The molecule has 0 amide bonds. The van der Waals surface area contributed by atoms with Crippen LogP contribution in [0.15, 0.2) is 30.3 Å². The third kappa shape index (κ3) is 2.03. The Bertz CT molecular complexity index is 392. The van der Waals surface area contributed by atoms with E-state index in [9.17, 15) is 4.39 Å². The summed E-state index contributed by atoms with van der Waals surface area (Å²) in [6, 6.07) is 6.55. The number of halogens is 1. The third-order valence-corrected chi connectivity index (χ3v) is 3.76. The highest BCUT2D eigenvalue weighted by atomic mass is 19.1. The summed E-state index contributed by atoms with van der Waals surface area (Å²) in [5.41, 5.74) is 7.07. The Morgan fingerprint density at radius 1 is 1.31 bits per heavy atom. The first kappa shape index (κ1) is 11.3. The van der Waals surface area contributed by atoms with Crippen LogP contribution in [0.3, 0.4) is 0 Å². The molecule has 2 atom stereocenters. The molecule has 2 rings (SSSR count). The van der Waals surface area contributed by atoms with Crippen molar-refractivity contribution in [3.05, 3.63) is 41.7 Å². The molecule has 1 aliphatic rings. The van der Waals surface area contributed by atoms with Gasteiger partial charge in [0, 0.05) is 0 Å². The summed E-state index contributed by atoms with van der Waals surface area (Å²) < 4.78 is 12.7. The lowest BCUT2D eigenvalue weighted by Crippen LogP contribution is -2.05. The van der Waals surface area contributed by atoms with E-state index in [1.165, 1.54) is 12.1 Å². The molecule has 0 bridgehead atoms. The van der Waals surface area contributed by atoms with Gasteiger partial charge >= 0.3 is 0 Å². The summed E-state index contributed by atoms with van der Waals surface area (Å²) in [5, 5.41) is 0. The fourth-order valence-corrected chi connectivity index (χ4v) is 2.41. The highest BCUT2D eigenvalue weighted by molar-refractivity contribution is 5.50. The van der Waals surface area contributed by atoms with Gasteiger partial charge < -0.3 is 5.73 Å². The zero-order valence-corrected chi connectivity index (χ0v) is 9.78. The van der Waals surface area contributed by atoms with Crippen LogP contribution >= 0.6 is 0 Å². The topological polar surface area (TPSA) is 26.0 Å². The second-order valence-electron chi connectivity index (χ2n) is 5.10. The molecule has 0 aliphatic heterocycles. The predicted octanol–water partition coefficient (Wildman–Crippen LogP) is 3.07. The molecular formula is C14H18FN. The van der Waals surface area contributed by atoms with Crippen LogP contribution in [0.5, 0.6) is 0 Å². The van der Waals surface area contributed by atoms with E-state index in [0.717, 1.165) is 12.1 Å². The second-order valence-corrected chi connectivity index (χ2v) is 5.10. The van der Waals surface area contributed by atoms with Crippen molar-refractivity contribution in [3.8, 4) is 0 Å². The summed E-state index contributed by atoms with van der Waals surface area (Å²) in [7, 11) is 0. The van der Waals surface area contributed by atoms with Crippen LogP contribution in [-0.2, 0) is 0 Å². The molecule has 2 heteroatoms. The number of hydrogen-bond donors (Lipinski definition) is 1. The van der Waals surface area contributed by atoms with Crippen LogP contribution in [0.4, 0.5) is 4.39 Å². The molecule has 1 fully saturated rings. The molecule has 0 saturated heterocycles. The van der Waals surface area contributed by atoms with Gasteiger partial charge in [-0.3, -0.25) is 0 Å². The maximum atomic E-state index is 12.7. The maximum Gasteiger partial charge on any atom is 0.123 e. The van der Waals surface area contributed by atoms with E-state index in [-0.39, 0.29) is 5.82 Å². The molecule has 1 aromatic rings. The van der Waals surface area contributed by atoms with Gasteiger partial charge in [-0.25, -0.2) is 4.39 Å². The van der Waals surface area contributed by atoms with Crippen LogP contribution in [0.25, 0.3) is 6.08 Å². The van der Waals surface area contributed by atoms with Gasteiger partial charge in [0.15, 0.2) is 0 Å². The molecule has 86 valence electrons. The first-order valence-corrected chi connectivity index (χ1v) is 5.69. The van der Waals surface area contributed by atoms with Crippen molar-refractivity contribution >= 4 is 6.08 Å². The van der Waals surface area contributed by atoms with Crippen LogP contribution in [0, 0.1) is 23.1 Å². The highest BCUT2D eigenvalue weighted by Gasteiger charge is 2.54. The van der Waals surface area contributed by atoms with Crippen LogP contribution in [0.1, 0.15) is 19.4 Å². The minimum absolute atomic E-state index is 0.191. The van der Waals surface area contributed by atoms with Gasteiger partial charge in [-0.1, -0.05) is 38.1 Å². The summed E-state index contributed by atoms with van der Waals surface area (Å²) in [4.78, 5) is 0. The van der Waals surface area contributed by atoms with Gasteiger partial charge in [0.1, 0.15) is 5.82 Å². The van der Waals surface area contributed by atoms with Gasteiger partial charge in [0.2, 0.25) is 0 Å². The van der Waals surface area contributed by atoms with E-state index in [2.05, 4.69) is 26.0 Å². The Balaban J connectivity index is 2.03. The number of nitrogens with two attached hydrogens (primary N) is 1. The van der Waals surface area contributed by atoms with E-state index in [1.807, 2.05) is 0 Å². The van der Waals surface area contributed by atoms with Gasteiger partial charge in [-0.15, -0.1) is 0 Å². The number of allylic oxidation sites excluding steroid dienone is 1. The second kappa shape index (κ2) is 4.02. The smallest absolute Gasteiger partial charge is 0.123 e. The third-order valence-electron chi connectivity index (χ3n) is 3.76. The fourth-order valence-electron chi connectivity index (χ4n) is 2.41. The molecule has 0 aromatic heterocycles. The van der Waals surface area contributed by atoms with Crippen molar-refractivity contribution in [2.45, 2.75) is 13.8 Å². The summed E-state index contributed by atoms with van der Waals surface area (Å²) in [6.45, 7) is 5.22. The first-order chi connectivity index (χ1) is 7.55. The van der Waals surface area contributed by atoms with Crippen LogP contribution in [-0.4, -0.2) is 6.54 Å². The molecule has 0 radical (unpaired) electrons. The molecule has 1 nitrogen and oxygen atoms in total. The van der Waals surface area contributed by atoms with Crippen molar-refractivity contribution in [2.75, 3.05) is 6.54 Å². The van der Waals surface area contributed by atoms with E-state index < -0.39 is 0 Å². The minimum Gasteiger partial charge on any atom is -0.330 e. The molecule has 1 aliphatic carbocycles. The Morgan fingerprint density at radius 2 is 1.94 bits per heavy atom. The zero-order valence-electron chi connectivity index (χ0n) is 9.78. The summed E-state index contributed by atoms with van der Waals surface area (Å²) >= 11 is 0. The largest absolute Gasteiger partial charge is 0.330 e. The Hall–Kier alpha value is -1.15. The number of rotatable bonds is 3. The van der Waals surface area contributed by atoms with Crippen molar-refractivity contribution in [1.82, 2.24) is 0 Å².